The maximum atomic E-state index is 13.8. The Morgan fingerprint density at radius 2 is 1.82 bits per heavy atom. The van der Waals surface area contributed by atoms with E-state index in [-0.39, 0.29) is 24.0 Å². The molecule has 8 heteroatoms. The summed E-state index contributed by atoms with van der Waals surface area (Å²) in [6, 6.07) is 20.2. The number of methoxy groups -OCH3 is 1. The van der Waals surface area contributed by atoms with Crippen LogP contribution in [0, 0.1) is 0 Å². The van der Waals surface area contributed by atoms with Gasteiger partial charge in [0.2, 0.25) is 5.78 Å². The van der Waals surface area contributed by atoms with Crippen molar-refractivity contribution in [2.45, 2.75) is 32.5 Å². The zero-order valence-corrected chi connectivity index (χ0v) is 21.9. The topological polar surface area (TPSA) is 89.2 Å². The van der Waals surface area contributed by atoms with Gasteiger partial charge in [-0.15, -0.1) is 0 Å². The fraction of sp³-hybridized carbons (Fsp3) is 0.200. The molecule has 0 saturated carbocycles. The van der Waals surface area contributed by atoms with Gasteiger partial charge in [-0.1, -0.05) is 35.9 Å². The molecule has 0 spiro atoms. The number of ketones is 1. The summed E-state index contributed by atoms with van der Waals surface area (Å²) in [6.07, 6.45) is -0.0128. The lowest BCUT2D eigenvalue weighted by atomic mass is 9.94. The van der Waals surface area contributed by atoms with Crippen LogP contribution >= 0.6 is 11.6 Å². The first-order valence-corrected chi connectivity index (χ1v) is 12.5. The molecule has 0 radical (unpaired) electrons. The molecule has 5 rings (SSSR count). The van der Waals surface area contributed by atoms with Crippen LogP contribution in [0.1, 0.15) is 41.6 Å². The lowest BCUT2D eigenvalue weighted by molar-refractivity contribution is -0.130. The van der Waals surface area contributed by atoms with E-state index in [0.29, 0.717) is 33.1 Å². The molecular formula is C30H26ClNO6. The van der Waals surface area contributed by atoms with Gasteiger partial charge in [-0.05, 0) is 73.5 Å². The van der Waals surface area contributed by atoms with Crippen molar-refractivity contribution in [2.24, 2.45) is 0 Å². The van der Waals surface area contributed by atoms with Gasteiger partial charge < -0.3 is 23.9 Å². The molecule has 1 unspecified atom stereocenters. The van der Waals surface area contributed by atoms with Crippen LogP contribution in [0.3, 0.4) is 0 Å². The van der Waals surface area contributed by atoms with Gasteiger partial charge in [0.1, 0.15) is 17.1 Å². The van der Waals surface area contributed by atoms with Crippen LogP contribution in [0.2, 0.25) is 5.02 Å². The maximum absolute atomic E-state index is 13.8. The van der Waals surface area contributed by atoms with Crippen LogP contribution in [-0.2, 0) is 11.3 Å². The van der Waals surface area contributed by atoms with Crippen molar-refractivity contribution in [3.63, 3.8) is 0 Å². The molecule has 4 aromatic rings. The van der Waals surface area contributed by atoms with Gasteiger partial charge in [-0.3, -0.25) is 9.59 Å². The fourth-order valence-corrected chi connectivity index (χ4v) is 4.80. The quantitative estimate of drug-likeness (QED) is 0.256. The molecule has 38 heavy (non-hydrogen) atoms. The number of benzene rings is 3. The van der Waals surface area contributed by atoms with Gasteiger partial charge >= 0.3 is 0 Å². The van der Waals surface area contributed by atoms with Gasteiger partial charge in [0.05, 0.1) is 24.8 Å². The third-order valence-electron chi connectivity index (χ3n) is 6.31. The average molecular weight is 532 g/mol. The van der Waals surface area contributed by atoms with Crippen molar-refractivity contribution in [1.29, 1.82) is 0 Å². The standard InChI is InChI=1S/C30H26ClNO6/c1-17(2)37-22-10-7-19(8-11-22)27-26(28(33)25-15-20-14-21(31)9-12-24(20)38-25)29(34)30(35)32(27)16-18-5-4-6-23(13-18)36-3/h4-15,17,27,34H,16H2,1-3H3. The van der Waals surface area contributed by atoms with Crippen LogP contribution in [0.4, 0.5) is 0 Å². The fourth-order valence-electron chi connectivity index (χ4n) is 4.62. The van der Waals surface area contributed by atoms with Crippen LogP contribution in [0.15, 0.2) is 88.5 Å². The van der Waals surface area contributed by atoms with Crippen LogP contribution < -0.4 is 9.47 Å². The molecule has 0 fully saturated rings. The minimum Gasteiger partial charge on any atom is -0.503 e. The molecule has 0 bridgehead atoms. The van der Waals surface area contributed by atoms with E-state index in [1.165, 1.54) is 4.90 Å². The Balaban J connectivity index is 1.57. The highest BCUT2D eigenvalue weighted by atomic mass is 35.5. The van der Waals surface area contributed by atoms with E-state index in [2.05, 4.69) is 0 Å². The molecule has 7 nitrogen and oxygen atoms in total. The Bertz CT molecular complexity index is 1550. The number of furan rings is 1. The predicted molar refractivity (Wildman–Crippen MR) is 144 cm³/mol. The monoisotopic (exact) mass is 531 g/mol. The lowest BCUT2D eigenvalue weighted by Gasteiger charge is -2.27. The first kappa shape index (κ1) is 25.4. The van der Waals surface area contributed by atoms with E-state index < -0.39 is 23.5 Å². The van der Waals surface area contributed by atoms with Crippen LogP contribution in [0.25, 0.3) is 11.0 Å². The third-order valence-corrected chi connectivity index (χ3v) is 6.54. The van der Waals surface area contributed by atoms with E-state index >= 15 is 0 Å². The van der Waals surface area contributed by atoms with E-state index in [1.54, 1.807) is 61.7 Å². The SMILES string of the molecule is COc1cccc(CN2C(=O)C(O)=C(C(=O)c3cc4cc(Cl)ccc4o3)C2c2ccc(OC(C)C)cc2)c1. The number of nitrogens with zero attached hydrogens (tertiary/aromatic N) is 1. The Hall–Kier alpha value is -4.23. The molecule has 1 aromatic heterocycles. The van der Waals surface area contributed by atoms with E-state index in [9.17, 15) is 14.7 Å². The number of Topliss-reactive ketones (excluding diaryl/α,β-unsaturated/α-hetero) is 1. The molecule has 194 valence electrons. The summed E-state index contributed by atoms with van der Waals surface area (Å²) >= 11 is 6.10. The predicted octanol–water partition coefficient (Wildman–Crippen LogP) is 6.66. The molecule has 3 aromatic carbocycles. The number of carbonyl (C=O) groups excluding carboxylic acids is 2. The van der Waals surface area contributed by atoms with Gasteiger partial charge in [-0.25, -0.2) is 0 Å². The van der Waals surface area contributed by atoms with Crippen LogP contribution in [0.5, 0.6) is 11.5 Å². The maximum Gasteiger partial charge on any atom is 0.290 e. The number of ether oxygens (including phenoxy) is 2. The third kappa shape index (κ3) is 4.85. The zero-order chi connectivity index (χ0) is 27.0. The Kier molecular flexibility index (Phi) is 6.87. The Labute approximate surface area is 224 Å². The summed E-state index contributed by atoms with van der Waals surface area (Å²) in [5.74, 6) is -0.543. The normalized spacial score (nSPS) is 15.6. The van der Waals surface area contributed by atoms with Crippen molar-refractivity contribution >= 4 is 34.3 Å². The number of carbonyl (C=O) groups is 2. The zero-order valence-electron chi connectivity index (χ0n) is 21.1. The number of aliphatic hydroxyl groups is 1. The van der Waals surface area contributed by atoms with Crippen molar-refractivity contribution in [1.82, 2.24) is 4.90 Å². The van der Waals surface area contributed by atoms with E-state index in [4.69, 9.17) is 25.5 Å². The molecule has 1 N–H and O–H groups in total. The molecular weight excluding hydrogens is 506 g/mol. The second kappa shape index (κ2) is 10.3. The molecule has 1 amide bonds. The number of aliphatic hydroxyl groups excluding tert-OH is 1. The second-order valence-electron chi connectivity index (χ2n) is 9.31. The van der Waals surface area contributed by atoms with E-state index in [0.717, 1.165) is 5.56 Å². The van der Waals surface area contributed by atoms with Gasteiger partial charge in [0, 0.05) is 17.0 Å². The number of amides is 1. The van der Waals surface area contributed by atoms with Gasteiger partial charge in [-0.2, -0.15) is 0 Å². The summed E-state index contributed by atoms with van der Waals surface area (Å²) in [5.41, 5.74) is 1.84. The minimum atomic E-state index is -0.855. The first-order chi connectivity index (χ1) is 18.2. The molecule has 1 atom stereocenters. The smallest absolute Gasteiger partial charge is 0.290 e. The number of hydrogen-bond donors (Lipinski definition) is 1. The van der Waals surface area contributed by atoms with Crippen molar-refractivity contribution < 1.29 is 28.6 Å². The van der Waals surface area contributed by atoms with E-state index in [1.807, 2.05) is 32.0 Å². The number of hydrogen-bond acceptors (Lipinski definition) is 6. The van der Waals surface area contributed by atoms with Crippen molar-refractivity contribution in [2.75, 3.05) is 7.11 Å². The second-order valence-corrected chi connectivity index (χ2v) is 9.74. The highest BCUT2D eigenvalue weighted by molar-refractivity contribution is 6.31. The van der Waals surface area contributed by atoms with Gasteiger partial charge in [0.15, 0.2) is 11.5 Å². The number of halogens is 1. The summed E-state index contributed by atoms with van der Waals surface area (Å²) in [7, 11) is 1.56. The molecule has 2 heterocycles. The Morgan fingerprint density at radius 3 is 2.53 bits per heavy atom. The number of rotatable bonds is 8. The van der Waals surface area contributed by atoms with Gasteiger partial charge in [0.25, 0.3) is 5.91 Å². The Morgan fingerprint density at radius 1 is 1.05 bits per heavy atom. The first-order valence-electron chi connectivity index (χ1n) is 12.1. The largest absolute Gasteiger partial charge is 0.503 e. The molecule has 1 aliphatic heterocycles. The highest BCUT2D eigenvalue weighted by Gasteiger charge is 2.44. The molecule has 0 aliphatic carbocycles. The van der Waals surface area contributed by atoms with Crippen molar-refractivity contribution in [3.05, 3.63) is 106 Å². The molecule has 1 aliphatic rings. The summed E-state index contributed by atoms with van der Waals surface area (Å²) in [6.45, 7) is 4.00. The van der Waals surface area contributed by atoms with Crippen LogP contribution in [-0.4, -0.2) is 34.9 Å². The molecule has 0 saturated heterocycles. The summed E-state index contributed by atoms with van der Waals surface area (Å²) in [5, 5.41) is 12.2. The number of fused-ring (bicyclic) bond motifs is 1. The highest BCUT2D eigenvalue weighted by Crippen LogP contribution is 2.41. The average Bonchev–Trinajstić information content (AvgIpc) is 3.43. The van der Waals surface area contributed by atoms with Crippen molar-refractivity contribution in [3.8, 4) is 11.5 Å². The lowest BCUT2D eigenvalue weighted by Crippen LogP contribution is -2.30. The minimum absolute atomic E-state index is 0.00427. The summed E-state index contributed by atoms with van der Waals surface area (Å²) < 4.78 is 16.9. The summed E-state index contributed by atoms with van der Waals surface area (Å²) in [4.78, 5) is 28.6.